The number of carbonyl (C=O) groups is 1. The van der Waals surface area contributed by atoms with E-state index >= 15 is 0 Å². The zero-order chi connectivity index (χ0) is 11.4. The molecule has 2 N–H and O–H groups in total. The lowest BCUT2D eigenvalue weighted by molar-refractivity contribution is 0.0944. The predicted octanol–water partition coefficient (Wildman–Crippen LogP) is 2.19. The molecule has 1 aromatic rings. The van der Waals surface area contributed by atoms with E-state index in [0.29, 0.717) is 16.2 Å². The van der Waals surface area contributed by atoms with E-state index < -0.39 is 0 Å². The molecule has 96 valence electrons. The first-order chi connectivity index (χ1) is 7.75. The Kier molecular flexibility index (Phi) is 6.02. The molecule has 1 aliphatic rings. The number of rotatable bonds is 3. The number of piperidine rings is 1. The number of halogens is 2. The highest BCUT2D eigenvalue weighted by atomic mass is 79.9. The van der Waals surface area contributed by atoms with Crippen LogP contribution in [-0.2, 0) is 0 Å². The minimum atomic E-state index is -0.0694. The molecule has 17 heavy (non-hydrogen) atoms. The normalized spacial score (nSPS) is 19.5. The molecule has 0 saturated carbocycles. The van der Waals surface area contributed by atoms with E-state index in [4.69, 9.17) is 4.42 Å². The summed E-state index contributed by atoms with van der Waals surface area (Å²) < 4.78 is 5.60. The second-order valence-corrected chi connectivity index (χ2v) is 4.84. The quantitative estimate of drug-likeness (QED) is 0.896. The summed E-state index contributed by atoms with van der Waals surface area (Å²) >= 11 is 3.17. The lowest BCUT2D eigenvalue weighted by atomic mass is 10.00. The summed E-state index contributed by atoms with van der Waals surface area (Å²) in [5, 5.41) is 6.25. The fraction of sp³-hybridized carbons (Fsp3) is 0.545. The van der Waals surface area contributed by atoms with Crippen LogP contribution >= 0.6 is 28.3 Å². The molecule has 2 rings (SSSR count). The largest absolute Gasteiger partial charge is 0.457 e. The SMILES string of the molecule is Cl.O=C(NCC1CCCNC1)c1coc(Br)c1. The van der Waals surface area contributed by atoms with E-state index in [-0.39, 0.29) is 18.3 Å². The van der Waals surface area contributed by atoms with Crippen molar-refractivity contribution in [2.24, 2.45) is 5.92 Å². The third kappa shape index (κ3) is 4.33. The molecule has 0 aromatic carbocycles. The van der Waals surface area contributed by atoms with Crippen LogP contribution in [0, 0.1) is 5.92 Å². The van der Waals surface area contributed by atoms with Crippen molar-refractivity contribution >= 4 is 34.2 Å². The Hall–Kier alpha value is -0.520. The van der Waals surface area contributed by atoms with Gasteiger partial charge >= 0.3 is 0 Å². The number of nitrogens with one attached hydrogen (secondary N) is 2. The van der Waals surface area contributed by atoms with Crippen molar-refractivity contribution < 1.29 is 9.21 Å². The maximum absolute atomic E-state index is 11.7. The molecule has 1 atom stereocenters. The summed E-state index contributed by atoms with van der Waals surface area (Å²) in [7, 11) is 0. The van der Waals surface area contributed by atoms with Crippen LogP contribution in [0.1, 0.15) is 23.2 Å². The van der Waals surface area contributed by atoms with Crippen molar-refractivity contribution in [2.45, 2.75) is 12.8 Å². The molecular formula is C11H16BrClN2O2. The Morgan fingerprint density at radius 1 is 1.65 bits per heavy atom. The Labute approximate surface area is 115 Å². The second kappa shape index (κ2) is 7.03. The van der Waals surface area contributed by atoms with Gasteiger partial charge in [-0.1, -0.05) is 0 Å². The van der Waals surface area contributed by atoms with Crippen LogP contribution in [0.4, 0.5) is 0 Å². The summed E-state index contributed by atoms with van der Waals surface area (Å²) in [6.07, 6.45) is 3.83. The zero-order valence-corrected chi connectivity index (χ0v) is 11.8. The first kappa shape index (κ1) is 14.5. The average Bonchev–Trinajstić information content (AvgIpc) is 2.74. The summed E-state index contributed by atoms with van der Waals surface area (Å²) in [6, 6.07) is 1.68. The minimum absolute atomic E-state index is 0. The van der Waals surface area contributed by atoms with Crippen LogP contribution in [0.3, 0.4) is 0 Å². The molecule has 0 aliphatic carbocycles. The molecule has 0 bridgehead atoms. The molecule has 1 unspecified atom stereocenters. The third-order valence-corrected chi connectivity index (χ3v) is 3.20. The molecule has 6 heteroatoms. The molecule has 1 fully saturated rings. The Morgan fingerprint density at radius 3 is 3.06 bits per heavy atom. The first-order valence-electron chi connectivity index (χ1n) is 5.48. The fourth-order valence-electron chi connectivity index (χ4n) is 1.87. The smallest absolute Gasteiger partial charge is 0.254 e. The highest BCUT2D eigenvalue weighted by Gasteiger charge is 2.15. The van der Waals surface area contributed by atoms with Gasteiger partial charge in [0.25, 0.3) is 5.91 Å². The van der Waals surface area contributed by atoms with Crippen molar-refractivity contribution in [1.82, 2.24) is 10.6 Å². The van der Waals surface area contributed by atoms with Crippen LogP contribution < -0.4 is 10.6 Å². The van der Waals surface area contributed by atoms with E-state index in [2.05, 4.69) is 26.6 Å². The van der Waals surface area contributed by atoms with E-state index in [1.807, 2.05) is 0 Å². The van der Waals surface area contributed by atoms with Crippen molar-refractivity contribution in [1.29, 1.82) is 0 Å². The first-order valence-corrected chi connectivity index (χ1v) is 6.28. The zero-order valence-electron chi connectivity index (χ0n) is 9.37. The standard InChI is InChI=1S/C11H15BrN2O2.ClH/c12-10-4-9(7-16-10)11(15)14-6-8-2-1-3-13-5-8;/h4,7-8,13H,1-3,5-6H2,(H,14,15);1H. The lowest BCUT2D eigenvalue weighted by Crippen LogP contribution is -2.38. The summed E-state index contributed by atoms with van der Waals surface area (Å²) in [5.41, 5.74) is 0.565. The number of furan rings is 1. The molecule has 4 nitrogen and oxygen atoms in total. The average molecular weight is 324 g/mol. The summed E-state index contributed by atoms with van der Waals surface area (Å²) in [6.45, 7) is 2.82. The summed E-state index contributed by atoms with van der Waals surface area (Å²) in [5.74, 6) is 0.480. The van der Waals surface area contributed by atoms with Gasteiger partial charge < -0.3 is 15.1 Å². The maximum atomic E-state index is 11.7. The molecule has 0 spiro atoms. The molecule has 2 heterocycles. The molecule has 1 saturated heterocycles. The van der Waals surface area contributed by atoms with Crippen LogP contribution in [-0.4, -0.2) is 25.5 Å². The van der Waals surface area contributed by atoms with Gasteiger partial charge in [-0.3, -0.25) is 4.79 Å². The topological polar surface area (TPSA) is 54.3 Å². The second-order valence-electron chi connectivity index (χ2n) is 4.06. The van der Waals surface area contributed by atoms with Gasteiger partial charge in [0.15, 0.2) is 4.67 Å². The van der Waals surface area contributed by atoms with Gasteiger partial charge in [-0.2, -0.15) is 0 Å². The number of carbonyl (C=O) groups excluding carboxylic acids is 1. The minimum Gasteiger partial charge on any atom is -0.457 e. The Balaban J connectivity index is 0.00000144. The predicted molar refractivity (Wildman–Crippen MR) is 71.6 cm³/mol. The van der Waals surface area contributed by atoms with Gasteiger partial charge in [0, 0.05) is 12.6 Å². The van der Waals surface area contributed by atoms with Crippen LogP contribution in [0.5, 0.6) is 0 Å². The number of amides is 1. The van der Waals surface area contributed by atoms with Gasteiger partial charge in [0.2, 0.25) is 0 Å². The Bertz CT molecular complexity index is 364. The molecule has 1 aliphatic heterocycles. The van der Waals surface area contributed by atoms with Gasteiger partial charge in [-0.25, -0.2) is 0 Å². The van der Waals surface area contributed by atoms with Crippen molar-refractivity contribution in [3.8, 4) is 0 Å². The van der Waals surface area contributed by atoms with E-state index in [1.54, 1.807) is 6.07 Å². The summed E-state index contributed by atoms with van der Waals surface area (Å²) in [4.78, 5) is 11.7. The van der Waals surface area contributed by atoms with Gasteiger partial charge in [0.05, 0.1) is 5.56 Å². The Morgan fingerprint density at radius 2 is 2.47 bits per heavy atom. The fourth-order valence-corrected chi connectivity index (χ4v) is 2.21. The molecular weight excluding hydrogens is 307 g/mol. The molecule has 0 radical (unpaired) electrons. The van der Waals surface area contributed by atoms with E-state index in [0.717, 1.165) is 19.6 Å². The van der Waals surface area contributed by atoms with Crippen molar-refractivity contribution in [2.75, 3.05) is 19.6 Å². The van der Waals surface area contributed by atoms with Gasteiger partial charge in [-0.15, -0.1) is 12.4 Å². The van der Waals surface area contributed by atoms with Gasteiger partial charge in [0.1, 0.15) is 6.26 Å². The molecule has 1 amide bonds. The molecule has 1 aromatic heterocycles. The van der Waals surface area contributed by atoms with Crippen molar-refractivity contribution in [3.63, 3.8) is 0 Å². The van der Waals surface area contributed by atoms with Crippen LogP contribution in [0.2, 0.25) is 0 Å². The monoisotopic (exact) mass is 322 g/mol. The van der Waals surface area contributed by atoms with Crippen LogP contribution in [0.25, 0.3) is 0 Å². The maximum Gasteiger partial charge on any atom is 0.254 e. The number of hydrogen-bond donors (Lipinski definition) is 2. The highest BCUT2D eigenvalue weighted by molar-refractivity contribution is 9.10. The third-order valence-electron chi connectivity index (χ3n) is 2.78. The van der Waals surface area contributed by atoms with Gasteiger partial charge in [-0.05, 0) is 47.8 Å². The number of hydrogen-bond acceptors (Lipinski definition) is 3. The van der Waals surface area contributed by atoms with Crippen LogP contribution in [0.15, 0.2) is 21.4 Å². The lowest BCUT2D eigenvalue weighted by Gasteiger charge is -2.22. The van der Waals surface area contributed by atoms with E-state index in [1.165, 1.54) is 19.1 Å². The highest BCUT2D eigenvalue weighted by Crippen LogP contribution is 2.14. The van der Waals surface area contributed by atoms with E-state index in [9.17, 15) is 4.79 Å². The van der Waals surface area contributed by atoms with Crippen molar-refractivity contribution in [3.05, 3.63) is 22.6 Å².